The minimum Gasteiger partial charge on any atom is -0.293 e. The Labute approximate surface area is 225 Å². The average Bonchev–Trinajstić information content (AvgIpc) is 3.33. The van der Waals surface area contributed by atoms with Gasteiger partial charge in [0.2, 0.25) is 0 Å². The molecule has 2 aromatic heterocycles. The zero-order valence-electron chi connectivity index (χ0n) is 21.1. The molecule has 8 rings (SSSR count). The summed E-state index contributed by atoms with van der Waals surface area (Å²) in [5.74, 6) is 1.61. The van der Waals surface area contributed by atoms with Gasteiger partial charge in [0, 0.05) is 21.7 Å². The van der Waals surface area contributed by atoms with Gasteiger partial charge in [-0.25, -0.2) is 9.97 Å². The maximum atomic E-state index is 5.25. The summed E-state index contributed by atoms with van der Waals surface area (Å²) in [4.78, 5) is 10.3. The predicted molar refractivity (Wildman–Crippen MR) is 162 cm³/mol. The van der Waals surface area contributed by atoms with Crippen molar-refractivity contribution in [1.82, 2.24) is 14.5 Å². The number of rotatable bonds is 3. The third-order valence-electron chi connectivity index (χ3n) is 7.57. The highest BCUT2D eigenvalue weighted by Crippen LogP contribution is 2.37. The van der Waals surface area contributed by atoms with Crippen molar-refractivity contribution in [3.05, 3.63) is 140 Å². The topological polar surface area (TPSA) is 30.7 Å². The Balaban J connectivity index is 1.50. The number of hydrogen-bond acceptors (Lipinski definition) is 2. The van der Waals surface area contributed by atoms with E-state index in [1.165, 1.54) is 27.1 Å². The van der Waals surface area contributed by atoms with Crippen molar-refractivity contribution in [3.8, 4) is 28.3 Å². The Hall–Kier alpha value is -5.28. The van der Waals surface area contributed by atoms with Crippen molar-refractivity contribution < 1.29 is 0 Å². The first-order valence-corrected chi connectivity index (χ1v) is 13.2. The number of aromatic nitrogens is 3. The van der Waals surface area contributed by atoms with Gasteiger partial charge in [-0.05, 0) is 52.2 Å². The number of benzene rings is 6. The van der Waals surface area contributed by atoms with Crippen LogP contribution in [0.3, 0.4) is 0 Å². The molecule has 0 fully saturated rings. The SMILES string of the molecule is c1ccc(-c2ccc3c(-n4c5ccccc5c5cc6ccccc6cc54)nc(-c4ccccc4)nc3c2)cc1. The molecule has 3 heteroatoms. The quantitative estimate of drug-likeness (QED) is 0.244. The van der Waals surface area contributed by atoms with Crippen LogP contribution >= 0.6 is 0 Å². The summed E-state index contributed by atoms with van der Waals surface area (Å²) in [6.07, 6.45) is 0. The fourth-order valence-corrected chi connectivity index (χ4v) is 5.69. The first-order chi connectivity index (χ1) is 19.3. The normalized spacial score (nSPS) is 11.6. The molecule has 0 N–H and O–H groups in total. The third-order valence-corrected chi connectivity index (χ3v) is 7.57. The molecule has 0 saturated heterocycles. The molecule has 2 heterocycles. The summed E-state index contributed by atoms with van der Waals surface area (Å²) in [5, 5.41) is 5.90. The first-order valence-electron chi connectivity index (χ1n) is 13.2. The van der Waals surface area contributed by atoms with Crippen molar-refractivity contribution in [1.29, 1.82) is 0 Å². The van der Waals surface area contributed by atoms with Crippen LogP contribution in [0.2, 0.25) is 0 Å². The van der Waals surface area contributed by atoms with Crippen molar-refractivity contribution in [2.75, 3.05) is 0 Å². The highest BCUT2D eigenvalue weighted by molar-refractivity contribution is 6.14. The molecule has 6 aromatic carbocycles. The lowest BCUT2D eigenvalue weighted by molar-refractivity contribution is 1.08. The number of fused-ring (bicyclic) bond motifs is 5. The van der Waals surface area contributed by atoms with Gasteiger partial charge in [0.05, 0.1) is 16.6 Å². The van der Waals surface area contributed by atoms with E-state index in [1.807, 2.05) is 24.3 Å². The summed E-state index contributed by atoms with van der Waals surface area (Å²) in [5.41, 5.74) is 6.50. The molecule has 0 unspecified atom stereocenters. The van der Waals surface area contributed by atoms with Crippen LogP contribution in [0, 0.1) is 0 Å². The molecule has 0 amide bonds. The second-order valence-corrected chi connectivity index (χ2v) is 9.90. The lowest BCUT2D eigenvalue weighted by Crippen LogP contribution is -2.03. The van der Waals surface area contributed by atoms with E-state index in [4.69, 9.17) is 9.97 Å². The molecule has 0 aliphatic heterocycles. The zero-order valence-corrected chi connectivity index (χ0v) is 21.1. The molecule has 0 spiro atoms. The minimum absolute atomic E-state index is 0.718. The summed E-state index contributed by atoms with van der Waals surface area (Å²) in [6, 6.07) is 49.0. The van der Waals surface area contributed by atoms with E-state index in [1.54, 1.807) is 0 Å². The van der Waals surface area contributed by atoms with Crippen LogP contribution in [-0.2, 0) is 0 Å². The van der Waals surface area contributed by atoms with Gasteiger partial charge in [-0.3, -0.25) is 4.57 Å². The number of para-hydroxylation sites is 1. The molecule has 0 aliphatic rings. The van der Waals surface area contributed by atoms with Gasteiger partial charge in [0.1, 0.15) is 5.82 Å². The summed E-state index contributed by atoms with van der Waals surface area (Å²) in [6.45, 7) is 0. The third kappa shape index (κ3) is 3.52. The van der Waals surface area contributed by atoms with Crippen LogP contribution in [-0.4, -0.2) is 14.5 Å². The predicted octanol–water partition coefficient (Wildman–Crippen LogP) is 9.21. The highest BCUT2D eigenvalue weighted by Gasteiger charge is 2.18. The number of nitrogens with zero attached hydrogens (tertiary/aromatic N) is 3. The fraction of sp³-hybridized carbons (Fsp3) is 0. The van der Waals surface area contributed by atoms with Gasteiger partial charge in [-0.15, -0.1) is 0 Å². The molecule has 8 aromatic rings. The van der Waals surface area contributed by atoms with E-state index < -0.39 is 0 Å². The average molecular weight is 498 g/mol. The number of hydrogen-bond donors (Lipinski definition) is 0. The van der Waals surface area contributed by atoms with Crippen molar-refractivity contribution in [2.24, 2.45) is 0 Å². The molecule has 0 aliphatic carbocycles. The van der Waals surface area contributed by atoms with Gasteiger partial charge < -0.3 is 0 Å². The van der Waals surface area contributed by atoms with Crippen LogP contribution in [0.4, 0.5) is 0 Å². The molecular weight excluding hydrogens is 474 g/mol. The van der Waals surface area contributed by atoms with E-state index >= 15 is 0 Å². The standard InChI is InChI=1S/C36H23N3/c1-3-11-24(12-4-1)28-19-20-30-32(22-28)37-35(25-13-5-2-6-14-25)38-36(30)39-33-18-10-9-17-29(33)31-21-26-15-7-8-16-27(26)23-34(31)39/h1-23H. The van der Waals surface area contributed by atoms with Crippen molar-refractivity contribution >= 4 is 43.5 Å². The largest absolute Gasteiger partial charge is 0.293 e. The molecule has 0 atom stereocenters. The summed E-state index contributed by atoms with van der Waals surface area (Å²) < 4.78 is 2.32. The van der Waals surface area contributed by atoms with Crippen LogP contribution < -0.4 is 0 Å². The summed E-state index contributed by atoms with van der Waals surface area (Å²) in [7, 11) is 0. The Morgan fingerprint density at radius 2 is 1.08 bits per heavy atom. The molecule has 3 nitrogen and oxygen atoms in total. The molecule has 0 saturated carbocycles. The lowest BCUT2D eigenvalue weighted by atomic mass is 10.0. The van der Waals surface area contributed by atoms with E-state index in [-0.39, 0.29) is 0 Å². The molecule has 182 valence electrons. The van der Waals surface area contributed by atoms with E-state index in [0.29, 0.717) is 0 Å². The van der Waals surface area contributed by atoms with Crippen LogP contribution in [0.5, 0.6) is 0 Å². The van der Waals surface area contributed by atoms with Gasteiger partial charge in [-0.2, -0.15) is 0 Å². The van der Waals surface area contributed by atoms with Gasteiger partial charge in [-0.1, -0.05) is 109 Å². The Morgan fingerprint density at radius 1 is 0.410 bits per heavy atom. The van der Waals surface area contributed by atoms with Gasteiger partial charge in [0.25, 0.3) is 0 Å². The second kappa shape index (κ2) is 8.64. The molecular formula is C36H23N3. The molecule has 0 radical (unpaired) electrons. The minimum atomic E-state index is 0.718. The van der Waals surface area contributed by atoms with Crippen LogP contribution in [0.25, 0.3) is 71.8 Å². The molecule has 39 heavy (non-hydrogen) atoms. The smallest absolute Gasteiger partial charge is 0.162 e. The van der Waals surface area contributed by atoms with Gasteiger partial charge >= 0.3 is 0 Å². The second-order valence-electron chi connectivity index (χ2n) is 9.90. The zero-order chi connectivity index (χ0) is 25.8. The van der Waals surface area contributed by atoms with E-state index in [9.17, 15) is 0 Å². The first kappa shape index (κ1) is 21.8. The van der Waals surface area contributed by atoms with Crippen LogP contribution in [0.1, 0.15) is 0 Å². The monoisotopic (exact) mass is 497 g/mol. The molecule has 0 bridgehead atoms. The maximum Gasteiger partial charge on any atom is 0.162 e. The van der Waals surface area contributed by atoms with Gasteiger partial charge in [0.15, 0.2) is 5.82 Å². The van der Waals surface area contributed by atoms with Crippen molar-refractivity contribution in [2.45, 2.75) is 0 Å². The Morgan fingerprint density at radius 3 is 1.87 bits per heavy atom. The highest BCUT2D eigenvalue weighted by atomic mass is 15.1. The summed E-state index contributed by atoms with van der Waals surface area (Å²) >= 11 is 0. The van der Waals surface area contributed by atoms with E-state index in [2.05, 4.69) is 120 Å². The van der Waals surface area contributed by atoms with E-state index in [0.717, 1.165) is 44.7 Å². The van der Waals surface area contributed by atoms with Crippen molar-refractivity contribution in [3.63, 3.8) is 0 Å². The Bertz CT molecular complexity index is 2150. The Kier molecular flexibility index (Phi) is 4.82. The lowest BCUT2D eigenvalue weighted by Gasteiger charge is -2.14. The fourth-order valence-electron chi connectivity index (χ4n) is 5.69. The van der Waals surface area contributed by atoms with Crippen LogP contribution in [0.15, 0.2) is 140 Å². The maximum absolute atomic E-state index is 5.25.